The third kappa shape index (κ3) is 5.64. The van der Waals surface area contributed by atoms with Gasteiger partial charge < -0.3 is 23.4 Å². The third-order valence-corrected chi connectivity index (χ3v) is 4.10. The number of para-hydroxylation sites is 2. The number of rotatable bonds is 10. The van der Waals surface area contributed by atoms with Crippen molar-refractivity contribution in [2.45, 2.75) is 26.1 Å². The van der Waals surface area contributed by atoms with E-state index in [1.165, 1.54) is 0 Å². The highest BCUT2D eigenvalue weighted by Gasteiger charge is 2.17. The van der Waals surface area contributed by atoms with Crippen molar-refractivity contribution in [3.8, 4) is 11.5 Å². The van der Waals surface area contributed by atoms with Gasteiger partial charge in [-0.1, -0.05) is 12.1 Å². The van der Waals surface area contributed by atoms with Crippen molar-refractivity contribution in [2.75, 3.05) is 20.3 Å². The van der Waals surface area contributed by atoms with Crippen LogP contribution in [-0.2, 0) is 13.1 Å². The molecule has 0 amide bonds. The van der Waals surface area contributed by atoms with Crippen LogP contribution in [0.15, 0.2) is 63.6 Å². The normalized spacial score (nSPS) is 12.3. The van der Waals surface area contributed by atoms with Gasteiger partial charge in [-0.3, -0.25) is 4.90 Å². The van der Waals surface area contributed by atoms with Crippen LogP contribution in [0.1, 0.15) is 17.3 Å². The Hall–Kier alpha value is -2.70. The molecule has 1 atom stereocenters. The average Bonchev–Trinajstić information content (AvgIpc) is 3.32. The molecule has 27 heavy (non-hydrogen) atoms. The highest BCUT2D eigenvalue weighted by atomic mass is 16.5. The maximum atomic E-state index is 10.5. The van der Waals surface area contributed by atoms with Gasteiger partial charge in [0, 0.05) is 6.54 Å². The molecule has 0 saturated heterocycles. The zero-order valence-electron chi connectivity index (χ0n) is 15.6. The lowest BCUT2D eigenvalue weighted by molar-refractivity contribution is 0.0571. The van der Waals surface area contributed by atoms with Crippen LogP contribution < -0.4 is 9.47 Å². The molecule has 1 unspecified atom stereocenters. The molecule has 144 valence electrons. The molecule has 2 aromatic heterocycles. The fourth-order valence-electron chi connectivity index (χ4n) is 2.87. The summed E-state index contributed by atoms with van der Waals surface area (Å²) in [5.74, 6) is 3.79. The van der Waals surface area contributed by atoms with Crippen LogP contribution in [0.2, 0.25) is 0 Å². The fraction of sp³-hybridized carbons (Fsp3) is 0.333. The second kappa shape index (κ2) is 9.30. The SMILES string of the molecule is COc1ccccc1OCC(O)CN(Cc1ccco1)Cc1ccc(C)o1. The van der Waals surface area contributed by atoms with Crippen LogP contribution in [0.5, 0.6) is 11.5 Å². The van der Waals surface area contributed by atoms with Crippen LogP contribution >= 0.6 is 0 Å². The number of ether oxygens (including phenoxy) is 2. The van der Waals surface area contributed by atoms with Gasteiger partial charge in [-0.2, -0.15) is 0 Å². The van der Waals surface area contributed by atoms with Gasteiger partial charge in [-0.05, 0) is 43.3 Å². The molecule has 0 saturated carbocycles. The zero-order valence-corrected chi connectivity index (χ0v) is 15.6. The lowest BCUT2D eigenvalue weighted by Gasteiger charge is -2.23. The Kier molecular flexibility index (Phi) is 6.57. The molecule has 6 heteroatoms. The number of hydrogen-bond donors (Lipinski definition) is 1. The monoisotopic (exact) mass is 371 g/mol. The third-order valence-electron chi connectivity index (χ3n) is 4.10. The number of furan rings is 2. The molecule has 2 heterocycles. The summed E-state index contributed by atoms with van der Waals surface area (Å²) in [6, 6.07) is 15.0. The summed E-state index contributed by atoms with van der Waals surface area (Å²) < 4.78 is 22.1. The topological polar surface area (TPSA) is 68.2 Å². The van der Waals surface area contributed by atoms with Gasteiger partial charge in [0.15, 0.2) is 11.5 Å². The summed E-state index contributed by atoms with van der Waals surface area (Å²) in [4.78, 5) is 2.06. The minimum atomic E-state index is -0.680. The first-order chi connectivity index (χ1) is 13.1. The van der Waals surface area contributed by atoms with E-state index < -0.39 is 6.10 Å². The predicted molar refractivity (Wildman–Crippen MR) is 101 cm³/mol. The van der Waals surface area contributed by atoms with Crippen LogP contribution in [0.4, 0.5) is 0 Å². The number of methoxy groups -OCH3 is 1. The first kappa shape index (κ1) is 19.1. The number of aryl methyl sites for hydroxylation is 1. The summed E-state index contributed by atoms with van der Waals surface area (Å²) in [6.45, 7) is 3.62. The predicted octanol–water partition coefficient (Wildman–Crippen LogP) is 3.63. The number of nitrogens with zero attached hydrogens (tertiary/aromatic N) is 1. The molecule has 3 rings (SSSR count). The van der Waals surface area contributed by atoms with Gasteiger partial charge in [0.05, 0.1) is 26.5 Å². The van der Waals surface area contributed by atoms with Crippen molar-refractivity contribution in [1.82, 2.24) is 4.90 Å². The molecular formula is C21H25NO5. The number of aliphatic hydroxyl groups is 1. The largest absolute Gasteiger partial charge is 0.493 e. The Balaban J connectivity index is 1.59. The number of aliphatic hydroxyl groups excluding tert-OH is 1. The van der Waals surface area contributed by atoms with Crippen molar-refractivity contribution in [1.29, 1.82) is 0 Å². The molecule has 1 N–H and O–H groups in total. The van der Waals surface area contributed by atoms with E-state index in [4.69, 9.17) is 18.3 Å². The first-order valence-corrected chi connectivity index (χ1v) is 8.88. The van der Waals surface area contributed by atoms with Crippen LogP contribution in [0, 0.1) is 6.92 Å². The lowest BCUT2D eigenvalue weighted by atomic mass is 10.2. The number of hydrogen-bond acceptors (Lipinski definition) is 6. The Morgan fingerprint density at radius 3 is 2.44 bits per heavy atom. The van der Waals surface area contributed by atoms with E-state index in [1.807, 2.05) is 55.5 Å². The zero-order chi connectivity index (χ0) is 19.1. The summed E-state index contributed by atoms with van der Waals surface area (Å²) in [5, 5.41) is 10.5. The molecular weight excluding hydrogens is 346 g/mol. The van der Waals surface area contributed by atoms with Crippen molar-refractivity contribution in [3.05, 3.63) is 72.1 Å². The van der Waals surface area contributed by atoms with Crippen molar-refractivity contribution in [2.24, 2.45) is 0 Å². The standard InChI is InChI=1S/C21H25NO5/c1-16-9-10-19(27-16)14-22(13-18-6-5-11-25-18)12-17(23)15-26-21-8-4-3-7-20(21)24-2/h3-11,17,23H,12-15H2,1-2H3. The van der Waals surface area contributed by atoms with E-state index >= 15 is 0 Å². The Morgan fingerprint density at radius 2 is 1.78 bits per heavy atom. The molecule has 0 radical (unpaired) electrons. The molecule has 0 fully saturated rings. The smallest absolute Gasteiger partial charge is 0.161 e. The van der Waals surface area contributed by atoms with Gasteiger partial charge in [0.25, 0.3) is 0 Å². The van der Waals surface area contributed by atoms with Gasteiger partial charge in [-0.25, -0.2) is 0 Å². The Labute approximate surface area is 158 Å². The van der Waals surface area contributed by atoms with E-state index in [-0.39, 0.29) is 6.61 Å². The quantitative estimate of drug-likeness (QED) is 0.587. The first-order valence-electron chi connectivity index (χ1n) is 8.88. The van der Waals surface area contributed by atoms with Crippen LogP contribution in [0.25, 0.3) is 0 Å². The van der Waals surface area contributed by atoms with Crippen molar-refractivity contribution >= 4 is 0 Å². The molecule has 0 aliphatic carbocycles. The van der Waals surface area contributed by atoms with E-state index in [9.17, 15) is 5.11 Å². The van der Waals surface area contributed by atoms with E-state index in [1.54, 1.807) is 13.4 Å². The highest BCUT2D eigenvalue weighted by Crippen LogP contribution is 2.26. The summed E-state index contributed by atoms with van der Waals surface area (Å²) in [6.07, 6.45) is 0.965. The van der Waals surface area contributed by atoms with Gasteiger partial charge >= 0.3 is 0 Å². The molecule has 0 aliphatic heterocycles. The van der Waals surface area contributed by atoms with Gasteiger partial charge in [-0.15, -0.1) is 0 Å². The Bertz CT molecular complexity index is 812. The maximum Gasteiger partial charge on any atom is 0.161 e. The molecule has 1 aromatic carbocycles. The lowest BCUT2D eigenvalue weighted by Crippen LogP contribution is -2.35. The fourth-order valence-corrected chi connectivity index (χ4v) is 2.87. The van der Waals surface area contributed by atoms with E-state index in [2.05, 4.69) is 4.90 Å². The second-order valence-corrected chi connectivity index (χ2v) is 6.38. The minimum absolute atomic E-state index is 0.159. The second-order valence-electron chi connectivity index (χ2n) is 6.38. The van der Waals surface area contributed by atoms with Crippen LogP contribution in [0.3, 0.4) is 0 Å². The molecule has 3 aromatic rings. The highest BCUT2D eigenvalue weighted by molar-refractivity contribution is 5.39. The number of benzene rings is 1. The molecule has 0 bridgehead atoms. The van der Waals surface area contributed by atoms with E-state index in [0.717, 1.165) is 17.3 Å². The summed E-state index contributed by atoms with van der Waals surface area (Å²) in [7, 11) is 1.59. The summed E-state index contributed by atoms with van der Waals surface area (Å²) in [5.41, 5.74) is 0. The van der Waals surface area contributed by atoms with Crippen molar-refractivity contribution in [3.63, 3.8) is 0 Å². The van der Waals surface area contributed by atoms with Crippen molar-refractivity contribution < 1.29 is 23.4 Å². The molecule has 6 nitrogen and oxygen atoms in total. The molecule has 0 aliphatic rings. The minimum Gasteiger partial charge on any atom is -0.493 e. The molecule has 0 spiro atoms. The average molecular weight is 371 g/mol. The Morgan fingerprint density at radius 1 is 1.00 bits per heavy atom. The maximum absolute atomic E-state index is 10.5. The van der Waals surface area contributed by atoms with Gasteiger partial charge in [0.1, 0.15) is 30.0 Å². The van der Waals surface area contributed by atoms with Gasteiger partial charge in [0.2, 0.25) is 0 Å². The summed E-state index contributed by atoms with van der Waals surface area (Å²) >= 11 is 0. The van der Waals surface area contributed by atoms with E-state index in [0.29, 0.717) is 31.1 Å². The van der Waals surface area contributed by atoms with Crippen LogP contribution in [-0.4, -0.2) is 36.4 Å².